The average Bonchev–Trinajstić information content (AvgIpc) is 3.20. The van der Waals surface area contributed by atoms with Crippen LogP contribution in [0.5, 0.6) is 5.75 Å². The van der Waals surface area contributed by atoms with E-state index in [1.807, 2.05) is 30.3 Å². The lowest BCUT2D eigenvalue weighted by Gasteiger charge is -2.05. The maximum Gasteiger partial charge on any atom is 0.328 e. The zero-order valence-corrected chi connectivity index (χ0v) is 16.1. The molecule has 0 aliphatic rings. The monoisotopic (exact) mass is 398 g/mol. The minimum atomic E-state index is -1.00. The quantitative estimate of drug-likeness (QED) is 0.367. The smallest absolute Gasteiger partial charge is 0.328 e. The summed E-state index contributed by atoms with van der Waals surface area (Å²) in [7, 11) is 1.56. The number of carboxylic acids is 1. The third-order valence-electron chi connectivity index (χ3n) is 4.75. The van der Waals surface area contributed by atoms with E-state index in [9.17, 15) is 9.59 Å². The third-order valence-corrected chi connectivity index (χ3v) is 4.75. The Bertz CT molecular complexity index is 1290. The second-order valence-corrected chi connectivity index (χ2v) is 6.68. The van der Waals surface area contributed by atoms with Crippen LogP contribution in [0.4, 0.5) is 0 Å². The van der Waals surface area contributed by atoms with Crippen LogP contribution in [-0.2, 0) is 4.79 Å². The molecule has 0 saturated heterocycles. The number of hydrogen-bond acceptors (Lipinski definition) is 4. The molecule has 2 N–H and O–H groups in total. The Morgan fingerprint density at radius 1 is 1.07 bits per heavy atom. The van der Waals surface area contributed by atoms with Crippen LogP contribution in [0.1, 0.15) is 21.5 Å². The predicted molar refractivity (Wildman–Crippen MR) is 115 cm³/mol. The van der Waals surface area contributed by atoms with E-state index in [1.165, 1.54) is 6.08 Å². The number of aromatic nitrogens is 2. The Hall–Kier alpha value is -4.19. The molecule has 0 aliphatic carbocycles. The van der Waals surface area contributed by atoms with Crippen LogP contribution in [0.3, 0.4) is 0 Å². The van der Waals surface area contributed by atoms with Gasteiger partial charge in [0, 0.05) is 40.5 Å². The number of H-pyrrole nitrogens is 1. The molecule has 148 valence electrons. The molecule has 2 aromatic carbocycles. The van der Waals surface area contributed by atoms with Crippen molar-refractivity contribution in [3.63, 3.8) is 0 Å². The van der Waals surface area contributed by atoms with E-state index in [0.29, 0.717) is 27.9 Å². The van der Waals surface area contributed by atoms with Crippen LogP contribution in [0.25, 0.3) is 28.2 Å². The van der Waals surface area contributed by atoms with Crippen molar-refractivity contribution in [2.24, 2.45) is 0 Å². The number of aromatic amines is 1. The van der Waals surface area contributed by atoms with Crippen molar-refractivity contribution < 1.29 is 19.4 Å². The first-order chi connectivity index (χ1) is 14.5. The first-order valence-electron chi connectivity index (χ1n) is 9.22. The molecule has 0 spiro atoms. The Morgan fingerprint density at radius 2 is 1.90 bits per heavy atom. The van der Waals surface area contributed by atoms with Gasteiger partial charge in [0.15, 0.2) is 5.78 Å². The van der Waals surface area contributed by atoms with Crippen LogP contribution in [0, 0.1) is 0 Å². The minimum Gasteiger partial charge on any atom is -0.497 e. The molecule has 0 saturated carbocycles. The van der Waals surface area contributed by atoms with Gasteiger partial charge < -0.3 is 14.8 Å². The van der Waals surface area contributed by atoms with Gasteiger partial charge in [0.05, 0.1) is 7.11 Å². The largest absolute Gasteiger partial charge is 0.497 e. The number of ketones is 1. The Labute approximate surface area is 172 Å². The highest BCUT2D eigenvalue weighted by Crippen LogP contribution is 2.27. The van der Waals surface area contributed by atoms with Gasteiger partial charge in [0.1, 0.15) is 11.4 Å². The number of rotatable bonds is 6. The van der Waals surface area contributed by atoms with Crippen molar-refractivity contribution in [2.45, 2.75) is 0 Å². The summed E-state index contributed by atoms with van der Waals surface area (Å²) in [5.41, 5.74) is 4.13. The number of carbonyl (C=O) groups excluding carboxylic acids is 1. The molecular formula is C24H18N2O4. The highest BCUT2D eigenvalue weighted by molar-refractivity contribution is 6.16. The van der Waals surface area contributed by atoms with E-state index in [4.69, 9.17) is 9.84 Å². The summed E-state index contributed by atoms with van der Waals surface area (Å²) in [5, 5.41) is 9.54. The Kier molecular flexibility index (Phi) is 5.13. The first kappa shape index (κ1) is 19.1. The average molecular weight is 398 g/mol. The number of benzene rings is 2. The predicted octanol–water partition coefficient (Wildman–Crippen LogP) is 4.57. The van der Waals surface area contributed by atoms with E-state index < -0.39 is 5.97 Å². The lowest BCUT2D eigenvalue weighted by Crippen LogP contribution is -2.00. The molecule has 2 heterocycles. The molecular weight excluding hydrogens is 380 g/mol. The number of aliphatic carboxylic acids is 1. The summed E-state index contributed by atoms with van der Waals surface area (Å²) in [6.07, 6.45) is 6.01. The Balaban J connectivity index is 1.74. The second kappa shape index (κ2) is 8.05. The number of carboxylic acid groups (broad SMARTS) is 1. The summed E-state index contributed by atoms with van der Waals surface area (Å²) in [4.78, 5) is 31.3. The van der Waals surface area contributed by atoms with Gasteiger partial charge in [0.2, 0.25) is 0 Å². The molecule has 4 aromatic rings. The van der Waals surface area contributed by atoms with Crippen molar-refractivity contribution in [1.82, 2.24) is 9.97 Å². The van der Waals surface area contributed by atoms with Gasteiger partial charge in [-0.05, 0) is 41.5 Å². The molecule has 0 bridgehead atoms. The van der Waals surface area contributed by atoms with Gasteiger partial charge >= 0.3 is 5.97 Å². The van der Waals surface area contributed by atoms with Crippen molar-refractivity contribution >= 4 is 28.9 Å². The number of hydrogen-bond donors (Lipinski definition) is 2. The van der Waals surface area contributed by atoms with Crippen LogP contribution in [0.2, 0.25) is 0 Å². The standard InChI is InChI=1S/C24H18N2O4/c1-30-19-7-3-6-17(11-19)23(29)21-14-26-24-20(21)12-18(13-25-24)16-5-2-4-15(10-16)8-9-22(27)28/h2-14H,1H3,(H,25,26)(H,27,28)/b9-8+. The van der Waals surface area contributed by atoms with E-state index >= 15 is 0 Å². The SMILES string of the molecule is COc1cccc(C(=O)c2c[nH]c3ncc(-c4cccc(/C=C/C(=O)O)c4)cc23)c1. The van der Waals surface area contributed by atoms with Gasteiger partial charge in [-0.2, -0.15) is 0 Å². The topological polar surface area (TPSA) is 92.3 Å². The molecule has 30 heavy (non-hydrogen) atoms. The van der Waals surface area contributed by atoms with E-state index in [-0.39, 0.29) is 5.78 Å². The molecule has 0 radical (unpaired) electrons. The summed E-state index contributed by atoms with van der Waals surface area (Å²) < 4.78 is 5.22. The van der Waals surface area contributed by atoms with Crippen LogP contribution >= 0.6 is 0 Å². The molecule has 0 atom stereocenters. The number of ether oxygens (including phenoxy) is 1. The summed E-state index contributed by atoms with van der Waals surface area (Å²) in [6, 6.07) is 16.4. The number of nitrogens with zero attached hydrogens (tertiary/aromatic N) is 1. The van der Waals surface area contributed by atoms with Crippen molar-refractivity contribution in [1.29, 1.82) is 0 Å². The zero-order chi connectivity index (χ0) is 21.1. The van der Waals surface area contributed by atoms with Crippen LogP contribution in [0.15, 0.2) is 73.1 Å². The minimum absolute atomic E-state index is 0.128. The van der Waals surface area contributed by atoms with Crippen LogP contribution in [-0.4, -0.2) is 33.9 Å². The van der Waals surface area contributed by atoms with Gasteiger partial charge in [0.25, 0.3) is 0 Å². The Morgan fingerprint density at radius 3 is 2.70 bits per heavy atom. The second-order valence-electron chi connectivity index (χ2n) is 6.68. The highest BCUT2D eigenvalue weighted by Gasteiger charge is 2.16. The lowest BCUT2D eigenvalue weighted by atomic mass is 10.00. The molecule has 0 amide bonds. The number of carbonyl (C=O) groups is 2. The summed E-state index contributed by atoms with van der Waals surface area (Å²) in [5.74, 6) is -0.514. The van der Waals surface area contributed by atoms with Crippen molar-refractivity contribution in [2.75, 3.05) is 7.11 Å². The fourth-order valence-corrected chi connectivity index (χ4v) is 3.26. The van der Waals surface area contributed by atoms with Crippen molar-refractivity contribution in [3.05, 3.63) is 89.8 Å². The van der Waals surface area contributed by atoms with Gasteiger partial charge in [-0.1, -0.05) is 30.3 Å². The number of methoxy groups -OCH3 is 1. The molecule has 0 unspecified atom stereocenters. The molecule has 6 heteroatoms. The van der Waals surface area contributed by atoms with Gasteiger partial charge in [-0.15, -0.1) is 0 Å². The van der Waals surface area contributed by atoms with Crippen molar-refractivity contribution in [3.8, 4) is 16.9 Å². The summed E-state index contributed by atoms with van der Waals surface area (Å²) in [6.45, 7) is 0. The number of pyridine rings is 1. The molecule has 0 aliphatic heterocycles. The highest BCUT2D eigenvalue weighted by atomic mass is 16.5. The van der Waals surface area contributed by atoms with E-state index in [0.717, 1.165) is 22.8 Å². The maximum atomic E-state index is 13.1. The fourth-order valence-electron chi connectivity index (χ4n) is 3.26. The van der Waals surface area contributed by atoms with E-state index in [2.05, 4.69) is 9.97 Å². The molecule has 0 fully saturated rings. The first-order valence-corrected chi connectivity index (χ1v) is 9.22. The molecule has 6 nitrogen and oxygen atoms in total. The van der Waals surface area contributed by atoms with Gasteiger partial charge in [-0.25, -0.2) is 9.78 Å². The van der Waals surface area contributed by atoms with E-state index in [1.54, 1.807) is 43.8 Å². The molecule has 4 rings (SSSR count). The fraction of sp³-hybridized carbons (Fsp3) is 0.0417. The van der Waals surface area contributed by atoms with Gasteiger partial charge in [-0.3, -0.25) is 4.79 Å². The zero-order valence-electron chi connectivity index (χ0n) is 16.1. The number of nitrogens with one attached hydrogen (secondary N) is 1. The lowest BCUT2D eigenvalue weighted by molar-refractivity contribution is -0.131. The maximum absolute atomic E-state index is 13.1. The number of fused-ring (bicyclic) bond motifs is 1. The molecule has 2 aromatic heterocycles. The van der Waals surface area contributed by atoms with Crippen LogP contribution < -0.4 is 4.74 Å². The normalized spacial score (nSPS) is 11.1. The summed E-state index contributed by atoms with van der Waals surface area (Å²) >= 11 is 0. The third kappa shape index (κ3) is 3.84.